The predicted octanol–water partition coefficient (Wildman–Crippen LogP) is 1.20. The highest BCUT2D eigenvalue weighted by Crippen LogP contribution is 2.21. The smallest absolute Gasteiger partial charge is 0.147 e. The molecular weight excluding hydrogens is 250 g/mol. The summed E-state index contributed by atoms with van der Waals surface area (Å²) in [4.78, 5) is 0. The van der Waals surface area contributed by atoms with Crippen LogP contribution < -0.4 is 5.32 Å². The Morgan fingerprint density at radius 1 is 1.50 bits per heavy atom. The molecule has 0 aliphatic rings. The molecule has 1 rings (SSSR count). The first-order valence-electron chi connectivity index (χ1n) is 6.24. The van der Waals surface area contributed by atoms with Crippen LogP contribution in [0, 0.1) is 6.92 Å². The van der Waals surface area contributed by atoms with Gasteiger partial charge >= 0.3 is 0 Å². The maximum atomic E-state index is 11.1. The van der Waals surface area contributed by atoms with Gasteiger partial charge < -0.3 is 5.32 Å². The zero-order chi connectivity index (χ0) is 13.8. The van der Waals surface area contributed by atoms with E-state index < -0.39 is 9.84 Å². The molecule has 5 nitrogen and oxygen atoms in total. The fourth-order valence-corrected chi connectivity index (χ4v) is 2.81. The minimum atomic E-state index is -2.87. The fraction of sp³-hybridized carbons (Fsp3) is 0.750. The molecule has 0 spiro atoms. The Balaban J connectivity index is 2.68. The molecule has 18 heavy (non-hydrogen) atoms. The first-order valence-corrected chi connectivity index (χ1v) is 8.30. The maximum absolute atomic E-state index is 11.1. The lowest BCUT2D eigenvalue weighted by atomic mass is 10.0. The van der Waals surface area contributed by atoms with Gasteiger partial charge in [-0.2, -0.15) is 5.10 Å². The van der Waals surface area contributed by atoms with Crippen LogP contribution in [0.1, 0.15) is 37.1 Å². The number of sulfone groups is 1. The van der Waals surface area contributed by atoms with Crippen molar-refractivity contribution in [2.75, 3.05) is 18.6 Å². The molecule has 1 unspecified atom stereocenters. The van der Waals surface area contributed by atoms with E-state index in [0.29, 0.717) is 6.42 Å². The zero-order valence-corrected chi connectivity index (χ0v) is 12.4. The Morgan fingerprint density at radius 2 is 2.17 bits per heavy atom. The van der Waals surface area contributed by atoms with E-state index in [-0.39, 0.29) is 11.8 Å². The van der Waals surface area contributed by atoms with Gasteiger partial charge in [-0.15, -0.1) is 0 Å². The molecule has 0 bridgehead atoms. The van der Waals surface area contributed by atoms with Crippen molar-refractivity contribution in [3.8, 4) is 0 Å². The van der Waals surface area contributed by atoms with Crippen LogP contribution in [-0.4, -0.2) is 36.8 Å². The summed E-state index contributed by atoms with van der Waals surface area (Å²) in [5.74, 6) is 0.244. The Kier molecular flexibility index (Phi) is 5.34. The number of nitrogens with zero attached hydrogens (tertiary/aromatic N) is 2. The molecule has 1 aromatic heterocycles. The molecule has 0 saturated heterocycles. The second-order valence-corrected chi connectivity index (χ2v) is 6.99. The van der Waals surface area contributed by atoms with Gasteiger partial charge in [0.25, 0.3) is 0 Å². The summed E-state index contributed by atoms with van der Waals surface area (Å²) in [6.07, 6.45) is 4.77. The minimum absolute atomic E-state index is 0.186. The molecule has 1 N–H and O–H groups in total. The summed E-state index contributed by atoms with van der Waals surface area (Å²) < 4.78 is 24.1. The normalized spacial score (nSPS) is 13.8. The highest BCUT2D eigenvalue weighted by molar-refractivity contribution is 7.90. The van der Waals surface area contributed by atoms with Gasteiger partial charge in [0.15, 0.2) is 0 Å². The van der Waals surface area contributed by atoms with Crippen molar-refractivity contribution in [2.24, 2.45) is 7.05 Å². The average molecular weight is 273 g/mol. The number of nitrogens with one attached hydrogen (secondary N) is 1. The molecule has 6 heteroatoms. The van der Waals surface area contributed by atoms with Crippen molar-refractivity contribution in [1.82, 2.24) is 15.1 Å². The molecule has 104 valence electrons. The summed E-state index contributed by atoms with van der Waals surface area (Å²) in [7, 11) is -0.972. The lowest BCUT2D eigenvalue weighted by Crippen LogP contribution is -2.22. The number of aromatic nitrogens is 2. The molecule has 0 aliphatic carbocycles. The van der Waals surface area contributed by atoms with E-state index >= 15 is 0 Å². The van der Waals surface area contributed by atoms with Crippen LogP contribution in [0.15, 0.2) is 6.20 Å². The quantitative estimate of drug-likeness (QED) is 0.811. The van der Waals surface area contributed by atoms with Gasteiger partial charge in [-0.3, -0.25) is 4.68 Å². The Bertz CT molecular complexity index is 480. The molecule has 0 saturated carbocycles. The number of hydrogen-bond donors (Lipinski definition) is 1. The van der Waals surface area contributed by atoms with Crippen LogP contribution in [0.25, 0.3) is 0 Å². The van der Waals surface area contributed by atoms with Crippen LogP contribution in [0.3, 0.4) is 0 Å². The predicted molar refractivity (Wildman–Crippen MR) is 73.3 cm³/mol. The van der Waals surface area contributed by atoms with Crippen molar-refractivity contribution >= 4 is 9.84 Å². The third kappa shape index (κ3) is 4.78. The Morgan fingerprint density at radius 3 is 2.61 bits per heavy atom. The van der Waals surface area contributed by atoms with Crippen LogP contribution in [-0.2, 0) is 16.9 Å². The minimum Gasteiger partial charge on any atom is -0.310 e. The van der Waals surface area contributed by atoms with Crippen molar-refractivity contribution < 1.29 is 8.42 Å². The molecule has 0 amide bonds. The summed E-state index contributed by atoms with van der Waals surface area (Å²) in [6, 6.07) is 0.186. The summed E-state index contributed by atoms with van der Waals surface area (Å²) in [5.41, 5.74) is 2.16. The lowest BCUT2D eigenvalue weighted by molar-refractivity contribution is 0.505. The van der Waals surface area contributed by atoms with E-state index in [4.69, 9.17) is 0 Å². The largest absolute Gasteiger partial charge is 0.310 e. The van der Waals surface area contributed by atoms with E-state index in [1.165, 1.54) is 6.26 Å². The standard InChI is InChI=1S/C12H23N3O2S/c1-5-13-12(7-6-8-18(4,16)17)11-9-15(3)14-10(11)2/h9,12-13H,5-8H2,1-4H3. The van der Waals surface area contributed by atoms with Gasteiger partial charge in [0.1, 0.15) is 9.84 Å². The lowest BCUT2D eigenvalue weighted by Gasteiger charge is -2.17. The summed E-state index contributed by atoms with van der Waals surface area (Å²) in [5, 5.41) is 7.72. The molecular formula is C12H23N3O2S. The number of rotatable bonds is 7. The van der Waals surface area contributed by atoms with E-state index in [2.05, 4.69) is 17.3 Å². The van der Waals surface area contributed by atoms with E-state index in [1.807, 2.05) is 20.2 Å². The van der Waals surface area contributed by atoms with Crippen molar-refractivity contribution in [3.05, 3.63) is 17.5 Å². The molecule has 0 aliphatic heterocycles. The second-order valence-electron chi connectivity index (χ2n) is 4.73. The molecule has 1 aromatic rings. The number of hydrogen-bond acceptors (Lipinski definition) is 4. The SMILES string of the molecule is CCNC(CCCS(C)(=O)=O)c1cn(C)nc1C. The third-order valence-corrected chi connectivity index (χ3v) is 3.92. The molecule has 0 aromatic carbocycles. The van der Waals surface area contributed by atoms with Gasteiger partial charge in [0, 0.05) is 36.9 Å². The highest BCUT2D eigenvalue weighted by Gasteiger charge is 2.16. The Hall–Kier alpha value is -0.880. The van der Waals surface area contributed by atoms with Crippen LogP contribution >= 0.6 is 0 Å². The number of aryl methyl sites for hydroxylation is 2. The second kappa shape index (κ2) is 6.33. The van der Waals surface area contributed by atoms with Crippen LogP contribution in [0.2, 0.25) is 0 Å². The monoisotopic (exact) mass is 273 g/mol. The Labute approximate surface area is 109 Å². The first-order chi connectivity index (χ1) is 8.33. The van der Waals surface area contributed by atoms with Gasteiger partial charge in [0.2, 0.25) is 0 Å². The van der Waals surface area contributed by atoms with E-state index in [0.717, 1.165) is 24.2 Å². The zero-order valence-electron chi connectivity index (χ0n) is 11.6. The van der Waals surface area contributed by atoms with E-state index in [1.54, 1.807) is 4.68 Å². The summed E-state index contributed by atoms with van der Waals surface area (Å²) in [6.45, 7) is 4.89. The van der Waals surface area contributed by atoms with Crippen LogP contribution in [0.4, 0.5) is 0 Å². The van der Waals surface area contributed by atoms with Crippen molar-refractivity contribution in [1.29, 1.82) is 0 Å². The fourth-order valence-electron chi connectivity index (χ4n) is 2.12. The summed E-state index contributed by atoms with van der Waals surface area (Å²) >= 11 is 0. The van der Waals surface area contributed by atoms with E-state index in [9.17, 15) is 8.42 Å². The maximum Gasteiger partial charge on any atom is 0.147 e. The molecule has 0 radical (unpaired) electrons. The van der Waals surface area contributed by atoms with Crippen molar-refractivity contribution in [3.63, 3.8) is 0 Å². The van der Waals surface area contributed by atoms with Crippen LogP contribution in [0.5, 0.6) is 0 Å². The van der Waals surface area contributed by atoms with Gasteiger partial charge in [-0.1, -0.05) is 6.92 Å². The van der Waals surface area contributed by atoms with Gasteiger partial charge in [-0.25, -0.2) is 8.42 Å². The highest BCUT2D eigenvalue weighted by atomic mass is 32.2. The first kappa shape index (κ1) is 15.2. The topological polar surface area (TPSA) is 64.0 Å². The third-order valence-electron chi connectivity index (χ3n) is 2.89. The molecule has 0 fully saturated rings. The average Bonchev–Trinajstić information content (AvgIpc) is 2.55. The molecule has 1 heterocycles. The molecule has 1 atom stereocenters. The van der Waals surface area contributed by atoms with Gasteiger partial charge in [-0.05, 0) is 26.3 Å². The van der Waals surface area contributed by atoms with Crippen molar-refractivity contribution in [2.45, 2.75) is 32.7 Å². The van der Waals surface area contributed by atoms with Gasteiger partial charge in [0.05, 0.1) is 5.69 Å².